The molecule has 0 heterocycles. The van der Waals surface area contributed by atoms with Crippen molar-refractivity contribution in [3.05, 3.63) is 56.5 Å². The summed E-state index contributed by atoms with van der Waals surface area (Å²) in [4.78, 5) is 24.5. The minimum atomic E-state index is 0.00841. The van der Waals surface area contributed by atoms with E-state index in [-0.39, 0.29) is 23.9 Å². The lowest BCUT2D eigenvalue weighted by atomic mass is 9.91. The monoisotopic (exact) mass is 574 g/mol. The summed E-state index contributed by atoms with van der Waals surface area (Å²) in [5, 5.41) is 8.18. The van der Waals surface area contributed by atoms with Crippen LogP contribution in [0, 0.1) is 0 Å². The highest BCUT2D eigenvalue weighted by Gasteiger charge is 2.23. The van der Waals surface area contributed by atoms with E-state index < -0.39 is 0 Å². The van der Waals surface area contributed by atoms with E-state index in [0.717, 1.165) is 25.7 Å². The average Bonchev–Trinajstić information content (AvgIpc) is 2.83. The minimum Gasteiger partial charge on any atom is -0.492 e. The van der Waals surface area contributed by atoms with Gasteiger partial charge in [0.25, 0.3) is 0 Å². The van der Waals surface area contributed by atoms with Crippen LogP contribution in [-0.2, 0) is 9.59 Å². The second-order valence-electron chi connectivity index (χ2n) is 8.74. The number of carbonyl (C=O) groups is 2. The molecule has 36 heavy (non-hydrogen) atoms. The van der Waals surface area contributed by atoms with E-state index in [1.807, 2.05) is 0 Å². The summed E-state index contributed by atoms with van der Waals surface area (Å²) in [6, 6.07) is 10.4. The number of nitrogens with one attached hydrogen (secondary N) is 2. The van der Waals surface area contributed by atoms with Gasteiger partial charge >= 0.3 is 0 Å². The molecular formula is C26H30Cl4N2O4. The van der Waals surface area contributed by atoms with Gasteiger partial charge in [-0.05, 0) is 74.9 Å². The molecule has 0 atom stereocenters. The highest BCUT2D eigenvalue weighted by molar-refractivity contribution is 6.36. The van der Waals surface area contributed by atoms with Crippen molar-refractivity contribution < 1.29 is 19.1 Å². The van der Waals surface area contributed by atoms with Crippen molar-refractivity contribution in [2.45, 2.75) is 63.5 Å². The van der Waals surface area contributed by atoms with Gasteiger partial charge in [0.15, 0.2) is 0 Å². The minimum absolute atomic E-state index is 0.00841. The summed E-state index contributed by atoms with van der Waals surface area (Å²) < 4.78 is 11.2. The highest BCUT2D eigenvalue weighted by Crippen LogP contribution is 2.28. The van der Waals surface area contributed by atoms with E-state index >= 15 is 0 Å². The number of hydrogen-bond acceptors (Lipinski definition) is 4. The largest absolute Gasteiger partial charge is 0.492 e. The van der Waals surface area contributed by atoms with Crippen LogP contribution in [0.3, 0.4) is 0 Å². The van der Waals surface area contributed by atoms with E-state index in [1.54, 1.807) is 36.4 Å². The molecule has 0 unspecified atom stereocenters. The third-order valence-corrected chi connectivity index (χ3v) is 6.92. The van der Waals surface area contributed by atoms with Crippen LogP contribution < -0.4 is 20.1 Å². The topological polar surface area (TPSA) is 76.7 Å². The van der Waals surface area contributed by atoms with Gasteiger partial charge < -0.3 is 20.1 Å². The van der Waals surface area contributed by atoms with Gasteiger partial charge in [-0.3, -0.25) is 9.59 Å². The van der Waals surface area contributed by atoms with Crippen molar-refractivity contribution >= 4 is 58.2 Å². The fourth-order valence-electron chi connectivity index (χ4n) is 4.00. The molecular weight excluding hydrogens is 546 g/mol. The molecule has 0 bridgehead atoms. The summed E-state index contributed by atoms with van der Waals surface area (Å²) in [6.45, 7) is 0.788. The van der Waals surface area contributed by atoms with Crippen LogP contribution in [0.4, 0.5) is 0 Å². The average molecular weight is 576 g/mol. The first kappa shape index (κ1) is 28.7. The predicted octanol–water partition coefficient (Wildman–Crippen LogP) is 6.86. The standard InChI is InChI=1S/C26H30Cl4N2O4/c27-17-5-11-23(21(29)15-17)35-13-1-3-25(33)31-19-7-9-20(10-8-19)32-26(34)4-2-14-36-24-12-6-18(28)16-22(24)30/h5-6,11-12,15-16,19-20H,1-4,7-10,13-14H2,(H,31,33)(H,32,34). The molecule has 0 aliphatic heterocycles. The number of carbonyl (C=O) groups excluding carboxylic acids is 2. The maximum atomic E-state index is 12.3. The number of hydrogen-bond donors (Lipinski definition) is 2. The molecule has 1 saturated carbocycles. The first-order valence-electron chi connectivity index (χ1n) is 12.0. The number of benzene rings is 2. The van der Waals surface area contributed by atoms with Gasteiger partial charge in [0.2, 0.25) is 11.8 Å². The molecule has 10 heteroatoms. The molecule has 0 saturated heterocycles. The van der Waals surface area contributed by atoms with Crippen molar-refractivity contribution in [2.24, 2.45) is 0 Å². The Hall–Kier alpha value is -1.86. The fraction of sp³-hybridized carbons (Fsp3) is 0.462. The molecule has 0 spiro atoms. The first-order chi connectivity index (χ1) is 17.3. The quantitative estimate of drug-likeness (QED) is 0.271. The van der Waals surface area contributed by atoms with Crippen molar-refractivity contribution in [1.82, 2.24) is 10.6 Å². The Morgan fingerprint density at radius 2 is 1.08 bits per heavy atom. The summed E-state index contributed by atoms with van der Waals surface area (Å²) in [6.07, 6.45) is 5.29. The Kier molecular flexibility index (Phi) is 11.8. The van der Waals surface area contributed by atoms with E-state index in [9.17, 15) is 9.59 Å². The van der Waals surface area contributed by atoms with Crippen molar-refractivity contribution in [3.8, 4) is 11.5 Å². The molecule has 6 nitrogen and oxygen atoms in total. The third-order valence-electron chi connectivity index (χ3n) is 5.86. The predicted molar refractivity (Wildman–Crippen MR) is 145 cm³/mol. The molecule has 0 radical (unpaired) electrons. The lowest BCUT2D eigenvalue weighted by molar-refractivity contribution is -0.123. The molecule has 2 aromatic carbocycles. The zero-order valence-corrected chi connectivity index (χ0v) is 22.9. The highest BCUT2D eigenvalue weighted by atomic mass is 35.5. The zero-order valence-electron chi connectivity index (χ0n) is 19.8. The number of ether oxygens (including phenoxy) is 2. The zero-order chi connectivity index (χ0) is 25.9. The van der Waals surface area contributed by atoms with Crippen LogP contribution in [0.5, 0.6) is 11.5 Å². The van der Waals surface area contributed by atoms with Crippen LogP contribution in [-0.4, -0.2) is 37.1 Å². The van der Waals surface area contributed by atoms with Crippen LogP contribution in [0.25, 0.3) is 0 Å². The van der Waals surface area contributed by atoms with Crippen LogP contribution >= 0.6 is 46.4 Å². The molecule has 196 valence electrons. The molecule has 3 rings (SSSR count). The van der Waals surface area contributed by atoms with Gasteiger partial charge in [-0.15, -0.1) is 0 Å². The maximum Gasteiger partial charge on any atom is 0.220 e. The van der Waals surface area contributed by atoms with Crippen LogP contribution in [0.1, 0.15) is 51.4 Å². The van der Waals surface area contributed by atoms with Gasteiger partial charge in [-0.2, -0.15) is 0 Å². The number of halogens is 4. The van der Waals surface area contributed by atoms with E-state index in [1.165, 1.54) is 0 Å². The van der Waals surface area contributed by atoms with Gasteiger partial charge in [-0.25, -0.2) is 0 Å². The van der Waals surface area contributed by atoms with Gasteiger partial charge in [0, 0.05) is 35.0 Å². The lowest BCUT2D eigenvalue weighted by Gasteiger charge is -2.29. The Labute approximate surface area is 231 Å². The SMILES string of the molecule is O=C(CCCOc1ccc(Cl)cc1Cl)NC1CCC(NC(=O)CCCOc2ccc(Cl)cc2Cl)CC1. The molecule has 1 aliphatic carbocycles. The molecule has 2 amide bonds. The number of rotatable bonds is 12. The molecule has 2 N–H and O–H groups in total. The third kappa shape index (κ3) is 9.89. The number of amides is 2. The summed E-state index contributed by atoms with van der Waals surface area (Å²) in [7, 11) is 0. The maximum absolute atomic E-state index is 12.3. The van der Waals surface area contributed by atoms with Gasteiger partial charge in [0.05, 0.1) is 23.3 Å². The Bertz CT molecular complexity index is 947. The molecule has 1 fully saturated rings. The van der Waals surface area contributed by atoms with Crippen molar-refractivity contribution in [1.29, 1.82) is 0 Å². The second kappa shape index (κ2) is 14.8. The molecule has 2 aromatic rings. The van der Waals surface area contributed by atoms with Gasteiger partial charge in [-0.1, -0.05) is 46.4 Å². The smallest absolute Gasteiger partial charge is 0.220 e. The fourth-order valence-corrected chi connectivity index (χ4v) is 4.92. The van der Waals surface area contributed by atoms with Crippen LogP contribution in [0.15, 0.2) is 36.4 Å². The first-order valence-corrected chi connectivity index (χ1v) is 13.6. The van der Waals surface area contributed by atoms with E-state index in [4.69, 9.17) is 55.9 Å². The summed E-state index contributed by atoms with van der Waals surface area (Å²) in [5.41, 5.74) is 0. The second-order valence-corrected chi connectivity index (χ2v) is 10.4. The lowest BCUT2D eigenvalue weighted by Crippen LogP contribution is -2.43. The van der Waals surface area contributed by atoms with E-state index in [2.05, 4.69) is 10.6 Å². The summed E-state index contributed by atoms with van der Waals surface area (Å²) in [5.74, 6) is 1.13. The van der Waals surface area contributed by atoms with Crippen molar-refractivity contribution in [2.75, 3.05) is 13.2 Å². The van der Waals surface area contributed by atoms with Crippen LogP contribution in [0.2, 0.25) is 20.1 Å². The molecule has 1 aliphatic rings. The van der Waals surface area contributed by atoms with Gasteiger partial charge in [0.1, 0.15) is 11.5 Å². The summed E-state index contributed by atoms with van der Waals surface area (Å²) >= 11 is 23.9. The Balaban J connectivity index is 1.23. The Morgan fingerprint density at radius 3 is 1.44 bits per heavy atom. The normalized spacial score (nSPS) is 17.3. The van der Waals surface area contributed by atoms with Crippen molar-refractivity contribution in [3.63, 3.8) is 0 Å². The van der Waals surface area contributed by atoms with E-state index in [0.29, 0.717) is 70.5 Å². The Morgan fingerprint density at radius 1 is 0.694 bits per heavy atom. The molecule has 0 aromatic heterocycles.